The fourth-order valence-corrected chi connectivity index (χ4v) is 5.88. The quantitative estimate of drug-likeness (QED) is 0.849. The summed E-state index contributed by atoms with van der Waals surface area (Å²) in [5.41, 5.74) is 4.42. The normalized spacial score (nSPS) is 17.3. The fourth-order valence-electron chi connectivity index (χ4n) is 4.12. The molecule has 1 fully saturated rings. The number of carbonyl (C=O) groups excluding carboxylic acids is 1. The summed E-state index contributed by atoms with van der Waals surface area (Å²) in [5, 5.41) is 2.92. The van der Waals surface area contributed by atoms with Crippen LogP contribution in [0, 0.1) is 6.92 Å². The van der Waals surface area contributed by atoms with Gasteiger partial charge in [-0.05, 0) is 80.0 Å². The van der Waals surface area contributed by atoms with Crippen LogP contribution in [-0.2, 0) is 22.9 Å². The Bertz CT molecular complexity index is 1010. The molecule has 1 aliphatic heterocycles. The molecule has 28 heavy (non-hydrogen) atoms. The number of amides is 1. The van der Waals surface area contributed by atoms with Gasteiger partial charge in [0.05, 0.1) is 4.90 Å². The lowest BCUT2D eigenvalue weighted by molar-refractivity contribution is 0.102. The Kier molecular flexibility index (Phi) is 5.25. The van der Waals surface area contributed by atoms with Crippen molar-refractivity contribution in [3.63, 3.8) is 0 Å². The number of carbonyl (C=O) groups is 1. The molecule has 5 nitrogen and oxygen atoms in total. The highest BCUT2D eigenvalue weighted by atomic mass is 32.2. The molecule has 0 bridgehead atoms. The van der Waals surface area contributed by atoms with Gasteiger partial charge < -0.3 is 5.32 Å². The van der Waals surface area contributed by atoms with E-state index in [1.54, 1.807) is 23.4 Å². The topological polar surface area (TPSA) is 66.5 Å². The van der Waals surface area contributed by atoms with Crippen molar-refractivity contribution in [1.82, 2.24) is 4.31 Å². The van der Waals surface area contributed by atoms with Crippen molar-refractivity contribution >= 4 is 21.6 Å². The molecule has 0 aromatic heterocycles. The van der Waals surface area contributed by atoms with Crippen molar-refractivity contribution in [3.05, 3.63) is 58.7 Å². The summed E-state index contributed by atoms with van der Waals surface area (Å²) in [6.07, 6.45) is 6.13. The largest absolute Gasteiger partial charge is 0.322 e. The Hall–Kier alpha value is -2.18. The van der Waals surface area contributed by atoms with Crippen molar-refractivity contribution in [3.8, 4) is 0 Å². The summed E-state index contributed by atoms with van der Waals surface area (Å²) < 4.78 is 27.7. The molecule has 0 unspecified atom stereocenters. The molecule has 6 heteroatoms. The van der Waals surface area contributed by atoms with Crippen LogP contribution in [0.15, 0.2) is 41.3 Å². The average Bonchev–Trinajstić information content (AvgIpc) is 3.16. The highest BCUT2D eigenvalue weighted by molar-refractivity contribution is 7.89. The van der Waals surface area contributed by atoms with Crippen LogP contribution in [0.2, 0.25) is 0 Å². The zero-order valence-electron chi connectivity index (χ0n) is 16.2. The van der Waals surface area contributed by atoms with Crippen LogP contribution in [-0.4, -0.2) is 31.7 Å². The molecular formula is C22H26N2O3S. The predicted molar refractivity (Wildman–Crippen MR) is 110 cm³/mol. The van der Waals surface area contributed by atoms with Gasteiger partial charge in [0, 0.05) is 24.3 Å². The number of fused-ring (bicyclic) bond motifs is 1. The van der Waals surface area contributed by atoms with E-state index in [4.69, 9.17) is 0 Å². The third-order valence-corrected chi connectivity index (χ3v) is 7.78. The number of hydrogen-bond acceptors (Lipinski definition) is 3. The maximum Gasteiger partial charge on any atom is 0.255 e. The maximum atomic E-state index is 13.1. The molecule has 148 valence electrons. The molecule has 4 rings (SSSR count). The van der Waals surface area contributed by atoms with Crippen LogP contribution in [0.5, 0.6) is 0 Å². The zero-order chi connectivity index (χ0) is 19.7. The van der Waals surface area contributed by atoms with E-state index in [2.05, 4.69) is 11.4 Å². The number of aryl methyl sites for hydroxylation is 3. The van der Waals surface area contributed by atoms with Gasteiger partial charge in [0.1, 0.15) is 0 Å². The van der Waals surface area contributed by atoms with Gasteiger partial charge in [0.25, 0.3) is 5.91 Å². The highest BCUT2D eigenvalue weighted by Crippen LogP contribution is 2.27. The molecule has 2 aromatic rings. The monoisotopic (exact) mass is 398 g/mol. The van der Waals surface area contributed by atoms with E-state index in [-0.39, 0.29) is 10.8 Å². The van der Waals surface area contributed by atoms with Crippen LogP contribution in [0.25, 0.3) is 0 Å². The lowest BCUT2D eigenvalue weighted by atomic mass is 10.1. The van der Waals surface area contributed by atoms with Gasteiger partial charge in [0.2, 0.25) is 10.0 Å². The Labute approximate surface area is 166 Å². The first-order chi connectivity index (χ1) is 13.4. The van der Waals surface area contributed by atoms with Crippen LogP contribution in [0.4, 0.5) is 5.69 Å². The van der Waals surface area contributed by atoms with Crippen LogP contribution < -0.4 is 5.32 Å². The summed E-state index contributed by atoms with van der Waals surface area (Å²) in [4.78, 5) is 13.0. The standard InChI is InChI=1S/C22H26N2O3S/c1-16-8-9-19(15-21(16)28(26,27)24-12-3-2-4-13-24)22(25)23-20-11-10-17-6-5-7-18(17)14-20/h8-11,14-15H,2-7,12-13H2,1H3,(H,23,25). The van der Waals surface area contributed by atoms with Crippen molar-refractivity contribution in [2.24, 2.45) is 0 Å². The van der Waals surface area contributed by atoms with Crippen LogP contribution >= 0.6 is 0 Å². The number of sulfonamides is 1. The summed E-state index contributed by atoms with van der Waals surface area (Å²) in [5.74, 6) is -0.284. The number of anilines is 1. The minimum Gasteiger partial charge on any atom is -0.322 e. The second-order valence-electron chi connectivity index (χ2n) is 7.74. The summed E-state index contributed by atoms with van der Waals surface area (Å²) >= 11 is 0. The van der Waals surface area contributed by atoms with Gasteiger partial charge in [-0.25, -0.2) is 8.42 Å². The summed E-state index contributed by atoms with van der Waals surface area (Å²) in [6, 6.07) is 10.9. The Morgan fingerprint density at radius 1 is 0.929 bits per heavy atom. The smallest absolute Gasteiger partial charge is 0.255 e. The van der Waals surface area contributed by atoms with E-state index in [1.807, 2.05) is 12.1 Å². The molecule has 0 radical (unpaired) electrons. The van der Waals surface area contributed by atoms with Gasteiger partial charge in [0.15, 0.2) is 0 Å². The van der Waals surface area contributed by atoms with Gasteiger partial charge in [-0.1, -0.05) is 18.6 Å². The predicted octanol–water partition coefficient (Wildman–Crippen LogP) is 3.91. The van der Waals surface area contributed by atoms with Crippen molar-refractivity contribution in [2.75, 3.05) is 18.4 Å². The third kappa shape index (κ3) is 3.71. The van der Waals surface area contributed by atoms with E-state index in [9.17, 15) is 13.2 Å². The first kappa shape index (κ1) is 19.2. The molecule has 1 heterocycles. The molecule has 0 atom stereocenters. The third-order valence-electron chi connectivity index (χ3n) is 5.74. The van der Waals surface area contributed by atoms with E-state index >= 15 is 0 Å². The number of hydrogen-bond donors (Lipinski definition) is 1. The van der Waals surface area contributed by atoms with Gasteiger partial charge in [-0.3, -0.25) is 4.79 Å². The first-order valence-electron chi connectivity index (χ1n) is 9.99. The second kappa shape index (κ2) is 7.68. The number of rotatable bonds is 4. The number of nitrogens with zero attached hydrogens (tertiary/aromatic N) is 1. The molecule has 1 N–H and O–H groups in total. The molecule has 0 saturated carbocycles. The van der Waals surface area contributed by atoms with Gasteiger partial charge in [-0.15, -0.1) is 0 Å². The average molecular weight is 399 g/mol. The summed E-state index contributed by atoms with van der Waals surface area (Å²) in [6.45, 7) is 2.87. The minimum atomic E-state index is -3.58. The zero-order valence-corrected chi connectivity index (χ0v) is 17.0. The van der Waals surface area contributed by atoms with Gasteiger partial charge >= 0.3 is 0 Å². The lowest BCUT2D eigenvalue weighted by Crippen LogP contribution is -2.36. The van der Waals surface area contributed by atoms with Crippen molar-refractivity contribution in [1.29, 1.82) is 0 Å². The van der Waals surface area contributed by atoms with Gasteiger partial charge in [-0.2, -0.15) is 4.31 Å². The lowest BCUT2D eigenvalue weighted by Gasteiger charge is -2.26. The van der Waals surface area contributed by atoms with Crippen molar-refractivity contribution in [2.45, 2.75) is 50.3 Å². The highest BCUT2D eigenvalue weighted by Gasteiger charge is 2.28. The SMILES string of the molecule is Cc1ccc(C(=O)Nc2ccc3c(c2)CCC3)cc1S(=O)(=O)N1CCCCC1. The van der Waals surface area contributed by atoms with Crippen LogP contribution in [0.3, 0.4) is 0 Å². The van der Waals surface area contributed by atoms with Crippen LogP contribution in [0.1, 0.15) is 52.7 Å². The minimum absolute atomic E-state index is 0.232. The molecule has 0 spiro atoms. The molecule has 1 aliphatic carbocycles. The van der Waals surface area contributed by atoms with E-state index in [0.717, 1.165) is 44.2 Å². The Morgan fingerprint density at radius 2 is 1.68 bits per heavy atom. The van der Waals surface area contributed by atoms with Crippen molar-refractivity contribution < 1.29 is 13.2 Å². The van der Waals surface area contributed by atoms with E-state index in [0.29, 0.717) is 24.2 Å². The molecule has 2 aliphatic rings. The maximum absolute atomic E-state index is 13.1. The first-order valence-corrected chi connectivity index (χ1v) is 11.4. The summed E-state index contributed by atoms with van der Waals surface area (Å²) in [7, 11) is -3.58. The number of benzene rings is 2. The van der Waals surface area contributed by atoms with E-state index < -0.39 is 10.0 Å². The second-order valence-corrected chi connectivity index (χ2v) is 9.64. The molecule has 1 saturated heterocycles. The molecular weight excluding hydrogens is 372 g/mol. The number of nitrogens with one attached hydrogen (secondary N) is 1. The Balaban J connectivity index is 1.58. The Morgan fingerprint density at radius 3 is 2.46 bits per heavy atom. The number of piperidine rings is 1. The molecule has 1 amide bonds. The molecule has 2 aromatic carbocycles. The fraction of sp³-hybridized carbons (Fsp3) is 0.409. The van der Waals surface area contributed by atoms with E-state index in [1.165, 1.54) is 17.2 Å².